The molecule has 1 rings (SSSR count). The lowest BCUT2D eigenvalue weighted by molar-refractivity contribution is -0.130. The molecular weight excluding hydrogens is 412 g/mol. The highest BCUT2D eigenvalue weighted by Crippen LogP contribution is 2.23. The number of hydrogen-bond acceptors (Lipinski definition) is 4. The Balaban J connectivity index is 2.48. The summed E-state index contributed by atoms with van der Waals surface area (Å²) in [6.07, 6.45) is 0. The van der Waals surface area contributed by atoms with Crippen LogP contribution in [-0.4, -0.2) is 40.2 Å². The van der Waals surface area contributed by atoms with E-state index >= 15 is 0 Å². The number of hydrogen-bond donors (Lipinski definition) is 0. The molecule has 6 heteroatoms. The Morgan fingerprint density at radius 2 is 2.36 bits per heavy atom. The van der Waals surface area contributed by atoms with Gasteiger partial charge in [0, 0.05) is 12.1 Å². The van der Waals surface area contributed by atoms with Crippen LogP contribution in [0, 0.1) is 0 Å². The van der Waals surface area contributed by atoms with Gasteiger partial charge in [-0.3, -0.25) is 9.69 Å². The van der Waals surface area contributed by atoms with Crippen LogP contribution in [0.1, 0.15) is 13.8 Å². The van der Waals surface area contributed by atoms with Gasteiger partial charge >= 0.3 is 5.97 Å². The lowest BCUT2D eigenvalue weighted by atomic mass is 10.1. The largest absolute Gasteiger partial charge is 0.394 e. The van der Waals surface area contributed by atoms with Crippen molar-refractivity contribution in [3.63, 3.8) is 0 Å². The maximum atomic E-state index is 11.2. The smallest absolute Gasteiger partial charge is 0.329 e. The van der Waals surface area contributed by atoms with E-state index in [1.54, 1.807) is 23.0 Å². The van der Waals surface area contributed by atoms with Crippen LogP contribution < -0.4 is 0 Å². The maximum Gasteiger partial charge on any atom is 0.329 e. The number of halogens is 2. The van der Waals surface area contributed by atoms with E-state index in [1.165, 1.54) is 0 Å². The summed E-state index contributed by atoms with van der Waals surface area (Å²) >= 11 is 3.72. The van der Waals surface area contributed by atoms with E-state index in [4.69, 9.17) is 4.74 Å². The minimum atomic E-state index is -0.186. The van der Waals surface area contributed by atoms with Crippen LogP contribution in [0.15, 0.2) is 0 Å². The van der Waals surface area contributed by atoms with Crippen LogP contribution >= 0.6 is 45.6 Å². The van der Waals surface area contributed by atoms with Gasteiger partial charge < -0.3 is 7.80 Å². The zero-order chi connectivity index (χ0) is 10.8. The van der Waals surface area contributed by atoms with Gasteiger partial charge in [0.25, 0.3) is 0 Å². The highest BCUT2D eigenvalue weighted by atomic mass is 127. The van der Waals surface area contributed by atoms with E-state index < -0.39 is 0 Å². The summed E-state index contributed by atoms with van der Waals surface area (Å²) in [5.74, 6) is -0.186. The second-order valence-electron chi connectivity index (χ2n) is 3.88. The van der Waals surface area contributed by atoms with Crippen LogP contribution in [0.4, 0.5) is 0 Å². The Hall–Kier alpha value is 0.850. The summed E-state index contributed by atoms with van der Waals surface area (Å²) in [7, 11) is 0. The summed E-state index contributed by atoms with van der Waals surface area (Å²) in [6.45, 7) is 6.21. The molecule has 0 aromatic rings. The van der Waals surface area contributed by atoms with Gasteiger partial charge in [0.05, 0.1) is 13.3 Å². The van der Waals surface area contributed by atoms with Gasteiger partial charge in [0.2, 0.25) is 0 Å². The molecule has 1 saturated heterocycles. The predicted molar refractivity (Wildman–Crippen MR) is 69.5 cm³/mol. The normalized spacial score (nSPS) is 23.4. The molecule has 0 saturated carbocycles. The molecular formula is C8H13I2NO3. The van der Waals surface area contributed by atoms with Crippen molar-refractivity contribution in [2.24, 2.45) is 0 Å². The standard InChI is InChI=1S/C8H13I2NO3/c1-8(2)4-13-5-11(8)3-6(9)7(12)14-10/h6H,3-5H2,1-2H3. The van der Waals surface area contributed by atoms with Gasteiger partial charge in [0.15, 0.2) is 23.0 Å². The number of rotatable bonds is 3. The Kier molecular flexibility index (Phi) is 4.85. The van der Waals surface area contributed by atoms with Crippen LogP contribution in [0.5, 0.6) is 0 Å². The average Bonchev–Trinajstić information content (AvgIpc) is 2.44. The van der Waals surface area contributed by atoms with Gasteiger partial charge in [-0.2, -0.15) is 0 Å². The van der Waals surface area contributed by atoms with Crippen molar-refractivity contribution in [2.75, 3.05) is 19.9 Å². The fourth-order valence-corrected chi connectivity index (χ4v) is 2.68. The molecule has 0 aliphatic carbocycles. The third-order valence-corrected chi connectivity index (χ3v) is 3.61. The number of ether oxygens (including phenoxy) is 1. The van der Waals surface area contributed by atoms with Crippen molar-refractivity contribution in [1.29, 1.82) is 0 Å². The lowest BCUT2D eigenvalue weighted by Crippen LogP contribution is -2.44. The number of nitrogens with zero attached hydrogens (tertiary/aromatic N) is 1. The number of carbonyl (C=O) groups excluding carboxylic acids is 1. The Bertz CT molecular complexity index is 223. The second-order valence-corrected chi connectivity index (χ2v) is 5.82. The summed E-state index contributed by atoms with van der Waals surface area (Å²) in [5.41, 5.74) is 0.0228. The van der Waals surface area contributed by atoms with Crippen molar-refractivity contribution in [2.45, 2.75) is 23.3 Å². The van der Waals surface area contributed by atoms with Gasteiger partial charge in [0.1, 0.15) is 3.92 Å². The van der Waals surface area contributed by atoms with Crippen molar-refractivity contribution in [3.8, 4) is 0 Å². The molecule has 14 heavy (non-hydrogen) atoms. The molecule has 82 valence electrons. The van der Waals surface area contributed by atoms with Crippen LogP contribution in [-0.2, 0) is 12.6 Å². The monoisotopic (exact) mass is 425 g/mol. The number of carbonyl (C=O) groups is 1. The molecule has 0 radical (unpaired) electrons. The summed E-state index contributed by atoms with van der Waals surface area (Å²) in [5, 5.41) is 0. The van der Waals surface area contributed by atoms with Crippen molar-refractivity contribution >= 4 is 51.6 Å². The molecule has 0 aromatic heterocycles. The Morgan fingerprint density at radius 1 is 1.71 bits per heavy atom. The topological polar surface area (TPSA) is 38.8 Å². The SMILES string of the molecule is CC1(C)COCN1CC(I)C(=O)OI. The molecule has 0 aromatic carbocycles. The fourth-order valence-electron chi connectivity index (χ4n) is 1.29. The third kappa shape index (κ3) is 3.17. The molecule has 1 unspecified atom stereocenters. The average molecular weight is 425 g/mol. The molecule has 0 amide bonds. The first-order valence-corrected chi connectivity index (χ1v) is 6.39. The molecule has 0 bridgehead atoms. The predicted octanol–water partition coefficient (Wildman–Crippen LogP) is 1.75. The molecule has 1 atom stereocenters. The van der Waals surface area contributed by atoms with Gasteiger partial charge in [-0.05, 0) is 13.8 Å². The quantitative estimate of drug-likeness (QED) is 0.511. The first-order valence-electron chi connectivity index (χ1n) is 4.26. The van der Waals surface area contributed by atoms with Crippen LogP contribution in [0.3, 0.4) is 0 Å². The minimum absolute atomic E-state index is 0.0228. The van der Waals surface area contributed by atoms with Crippen molar-refractivity contribution < 1.29 is 12.6 Å². The molecule has 4 nitrogen and oxygen atoms in total. The third-order valence-electron chi connectivity index (χ3n) is 2.27. The highest BCUT2D eigenvalue weighted by molar-refractivity contribution is 14.1. The molecule has 1 aliphatic rings. The first kappa shape index (κ1) is 12.9. The Morgan fingerprint density at radius 3 is 2.79 bits per heavy atom. The summed E-state index contributed by atoms with van der Waals surface area (Å²) in [6, 6.07) is 0. The van der Waals surface area contributed by atoms with Crippen LogP contribution in [0.25, 0.3) is 0 Å². The molecule has 0 N–H and O–H groups in total. The molecule has 1 fully saturated rings. The van der Waals surface area contributed by atoms with E-state index in [2.05, 4.69) is 44.4 Å². The highest BCUT2D eigenvalue weighted by Gasteiger charge is 2.35. The molecule has 1 heterocycles. The van der Waals surface area contributed by atoms with Gasteiger partial charge in [-0.1, -0.05) is 22.6 Å². The van der Waals surface area contributed by atoms with Gasteiger partial charge in [-0.15, -0.1) is 0 Å². The zero-order valence-corrected chi connectivity index (χ0v) is 12.4. The van der Waals surface area contributed by atoms with E-state index in [0.29, 0.717) is 13.3 Å². The molecule has 0 spiro atoms. The summed E-state index contributed by atoms with van der Waals surface area (Å²) in [4.78, 5) is 13.4. The van der Waals surface area contributed by atoms with E-state index in [-0.39, 0.29) is 15.4 Å². The van der Waals surface area contributed by atoms with Crippen LogP contribution in [0.2, 0.25) is 0 Å². The number of alkyl halides is 1. The second kappa shape index (κ2) is 5.26. The fraction of sp³-hybridized carbons (Fsp3) is 0.875. The lowest BCUT2D eigenvalue weighted by Gasteiger charge is -2.29. The molecule has 1 aliphatic heterocycles. The maximum absolute atomic E-state index is 11.2. The van der Waals surface area contributed by atoms with Gasteiger partial charge in [-0.25, -0.2) is 0 Å². The Labute approximate surface area is 112 Å². The zero-order valence-electron chi connectivity index (χ0n) is 8.13. The van der Waals surface area contributed by atoms with Crippen molar-refractivity contribution in [1.82, 2.24) is 4.90 Å². The summed E-state index contributed by atoms with van der Waals surface area (Å²) < 4.78 is 9.87. The first-order chi connectivity index (χ1) is 6.47. The van der Waals surface area contributed by atoms with E-state index in [1.807, 2.05) is 0 Å². The minimum Gasteiger partial charge on any atom is -0.394 e. The van der Waals surface area contributed by atoms with E-state index in [0.717, 1.165) is 6.61 Å². The van der Waals surface area contributed by atoms with E-state index in [9.17, 15) is 4.79 Å². The van der Waals surface area contributed by atoms with Crippen molar-refractivity contribution in [3.05, 3.63) is 0 Å².